The van der Waals surface area contributed by atoms with Crippen molar-refractivity contribution in [2.45, 2.75) is 38.6 Å². The lowest BCUT2D eigenvalue weighted by Crippen LogP contribution is -2.35. The van der Waals surface area contributed by atoms with Crippen LogP contribution in [0.4, 0.5) is 5.13 Å². The molecule has 0 aliphatic heterocycles. The Balaban J connectivity index is 2.34. The fraction of sp³-hybridized carbons (Fsp3) is 0.625. The van der Waals surface area contributed by atoms with E-state index < -0.39 is 11.9 Å². The van der Waals surface area contributed by atoms with E-state index in [1.165, 1.54) is 18.4 Å². The fourth-order valence-corrected chi connectivity index (χ4v) is 2.82. The van der Waals surface area contributed by atoms with Crippen molar-refractivity contribution in [3.8, 4) is 0 Å². The number of hydrogen-bond acceptors (Lipinski definition) is 8. The number of primary amides is 1. The topological polar surface area (TPSA) is 133 Å². The lowest BCUT2D eigenvalue weighted by molar-refractivity contribution is -0.139. The number of esters is 1. The zero-order chi connectivity index (χ0) is 19.4. The van der Waals surface area contributed by atoms with Crippen LogP contribution in [0, 0.1) is 0 Å². The summed E-state index contributed by atoms with van der Waals surface area (Å²) in [4.78, 5) is 38.5. The highest BCUT2D eigenvalue weighted by Crippen LogP contribution is 2.18. The second kappa shape index (κ2) is 12.2. The minimum Gasteiger partial charge on any atom is -0.469 e. The number of nitrogens with zero attached hydrogens (tertiary/aromatic N) is 1. The zero-order valence-corrected chi connectivity index (χ0v) is 15.9. The zero-order valence-electron chi connectivity index (χ0n) is 15.1. The first-order valence-electron chi connectivity index (χ1n) is 8.37. The van der Waals surface area contributed by atoms with Crippen LogP contribution in [-0.4, -0.2) is 55.7 Å². The van der Waals surface area contributed by atoms with Gasteiger partial charge in [0.2, 0.25) is 11.8 Å². The molecule has 0 aromatic carbocycles. The summed E-state index contributed by atoms with van der Waals surface area (Å²) in [5.41, 5.74) is 6.00. The Bertz CT molecular complexity index is 593. The van der Waals surface area contributed by atoms with Crippen molar-refractivity contribution in [3.05, 3.63) is 11.1 Å². The Morgan fingerprint density at radius 1 is 1.35 bits per heavy atom. The Morgan fingerprint density at radius 3 is 2.77 bits per heavy atom. The molecule has 0 bridgehead atoms. The summed E-state index contributed by atoms with van der Waals surface area (Å²) in [5.74, 6) is -1.01. The van der Waals surface area contributed by atoms with Gasteiger partial charge >= 0.3 is 5.97 Å². The number of anilines is 1. The van der Waals surface area contributed by atoms with Gasteiger partial charge in [0.25, 0.3) is 0 Å². The molecule has 1 rings (SSSR count). The standard InChI is InChI=1S/C16H26N4O5S/c1-3-25-9-13(21)18-7-5-4-6-12(15(17)23)20-16-19-11(10-26-16)8-14(22)24-2/h10,12H,3-9H2,1-2H3,(H2,17,23)(H,18,21)(H,19,20)/t12-/m0/s1. The lowest BCUT2D eigenvalue weighted by Gasteiger charge is -2.14. The molecule has 10 heteroatoms. The monoisotopic (exact) mass is 386 g/mol. The molecule has 146 valence electrons. The van der Waals surface area contributed by atoms with Gasteiger partial charge < -0.3 is 25.8 Å². The first-order chi connectivity index (χ1) is 12.5. The van der Waals surface area contributed by atoms with Crippen LogP contribution >= 0.6 is 11.3 Å². The van der Waals surface area contributed by atoms with Gasteiger partial charge in [-0.25, -0.2) is 4.98 Å². The third kappa shape index (κ3) is 8.77. The molecule has 1 heterocycles. The summed E-state index contributed by atoms with van der Waals surface area (Å²) in [7, 11) is 1.32. The van der Waals surface area contributed by atoms with Gasteiger partial charge in [0.15, 0.2) is 5.13 Å². The van der Waals surface area contributed by atoms with Crippen LogP contribution in [0.2, 0.25) is 0 Å². The van der Waals surface area contributed by atoms with Crippen molar-refractivity contribution < 1.29 is 23.9 Å². The Kier molecular flexibility index (Phi) is 10.3. The van der Waals surface area contributed by atoms with E-state index in [0.717, 1.165) is 6.42 Å². The van der Waals surface area contributed by atoms with Crippen LogP contribution in [0.3, 0.4) is 0 Å². The summed E-state index contributed by atoms with van der Waals surface area (Å²) in [6.45, 7) is 2.89. The maximum Gasteiger partial charge on any atom is 0.311 e. The van der Waals surface area contributed by atoms with Crippen LogP contribution in [0.15, 0.2) is 5.38 Å². The molecule has 1 aromatic heterocycles. The minimum absolute atomic E-state index is 0.0555. The Hall–Kier alpha value is -2.20. The predicted molar refractivity (Wildman–Crippen MR) is 97.8 cm³/mol. The second-order valence-electron chi connectivity index (χ2n) is 5.48. The predicted octanol–water partition coefficient (Wildman–Crippen LogP) is 0.447. The number of ether oxygens (including phenoxy) is 2. The molecule has 0 radical (unpaired) electrons. The first kappa shape index (κ1) is 21.8. The summed E-state index contributed by atoms with van der Waals surface area (Å²) in [6.07, 6.45) is 2.02. The van der Waals surface area contributed by atoms with Crippen LogP contribution < -0.4 is 16.4 Å². The Morgan fingerprint density at radius 2 is 2.12 bits per heavy atom. The SMILES string of the molecule is CCOCC(=O)NCCCC[C@H](Nc1nc(CC(=O)OC)cs1)C(N)=O. The third-order valence-corrected chi connectivity index (χ3v) is 4.25. The van der Waals surface area contributed by atoms with E-state index in [1.54, 1.807) is 5.38 Å². The summed E-state index contributed by atoms with van der Waals surface area (Å²) >= 11 is 1.29. The number of rotatable bonds is 13. The number of unbranched alkanes of at least 4 members (excludes halogenated alkanes) is 1. The highest BCUT2D eigenvalue weighted by Gasteiger charge is 2.17. The summed E-state index contributed by atoms with van der Waals surface area (Å²) < 4.78 is 9.59. The molecule has 26 heavy (non-hydrogen) atoms. The molecule has 1 aromatic rings. The number of thiazole rings is 1. The summed E-state index contributed by atoms with van der Waals surface area (Å²) in [5, 5.41) is 7.99. The smallest absolute Gasteiger partial charge is 0.311 e. The van der Waals surface area contributed by atoms with E-state index in [4.69, 9.17) is 10.5 Å². The normalized spacial score (nSPS) is 11.6. The number of nitrogens with one attached hydrogen (secondary N) is 2. The molecule has 0 spiro atoms. The van der Waals surface area contributed by atoms with Crippen LogP contribution in [0.5, 0.6) is 0 Å². The quantitative estimate of drug-likeness (QED) is 0.331. The van der Waals surface area contributed by atoms with Gasteiger partial charge in [-0.3, -0.25) is 14.4 Å². The lowest BCUT2D eigenvalue weighted by atomic mass is 10.1. The van der Waals surface area contributed by atoms with Crippen molar-refractivity contribution in [2.75, 3.05) is 32.2 Å². The first-order valence-corrected chi connectivity index (χ1v) is 9.25. The molecule has 0 unspecified atom stereocenters. The number of nitrogens with two attached hydrogens (primary N) is 1. The van der Waals surface area contributed by atoms with Crippen LogP contribution in [-0.2, 0) is 30.3 Å². The van der Waals surface area contributed by atoms with Crippen molar-refractivity contribution in [1.82, 2.24) is 10.3 Å². The molecule has 4 N–H and O–H groups in total. The van der Waals surface area contributed by atoms with Gasteiger partial charge in [0.1, 0.15) is 12.6 Å². The van der Waals surface area contributed by atoms with Crippen LogP contribution in [0.1, 0.15) is 31.9 Å². The average molecular weight is 386 g/mol. The molecule has 0 saturated carbocycles. The van der Waals surface area contributed by atoms with Crippen molar-refractivity contribution in [3.63, 3.8) is 0 Å². The third-order valence-electron chi connectivity index (χ3n) is 3.43. The fourth-order valence-electron chi connectivity index (χ4n) is 2.06. The van der Waals surface area contributed by atoms with Gasteiger partial charge in [0.05, 0.1) is 19.2 Å². The molecule has 1 atom stereocenters. The highest BCUT2D eigenvalue weighted by atomic mass is 32.1. The highest BCUT2D eigenvalue weighted by molar-refractivity contribution is 7.13. The Labute approximate surface area is 156 Å². The molecule has 0 saturated heterocycles. The van der Waals surface area contributed by atoms with Crippen molar-refractivity contribution >= 4 is 34.3 Å². The largest absolute Gasteiger partial charge is 0.469 e. The molecule has 9 nitrogen and oxygen atoms in total. The minimum atomic E-state index is -0.564. The molecule has 0 aliphatic carbocycles. The van der Waals surface area contributed by atoms with Crippen molar-refractivity contribution in [1.29, 1.82) is 0 Å². The molecule has 0 aliphatic rings. The van der Waals surface area contributed by atoms with Crippen LogP contribution in [0.25, 0.3) is 0 Å². The van der Waals surface area contributed by atoms with E-state index in [1.807, 2.05) is 6.92 Å². The van der Waals surface area contributed by atoms with Gasteiger partial charge in [-0.1, -0.05) is 0 Å². The number of carbonyl (C=O) groups excluding carboxylic acids is 3. The number of carbonyl (C=O) groups is 3. The summed E-state index contributed by atoms with van der Waals surface area (Å²) in [6, 6.07) is -0.564. The average Bonchev–Trinajstić information content (AvgIpc) is 3.05. The van der Waals surface area contributed by atoms with Gasteiger partial charge in [0, 0.05) is 18.5 Å². The van der Waals surface area contributed by atoms with E-state index in [2.05, 4.69) is 20.4 Å². The molecule has 0 fully saturated rings. The van der Waals surface area contributed by atoms with Gasteiger partial charge in [-0.05, 0) is 26.2 Å². The van der Waals surface area contributed by atoms with Crippen molar-refractivity contribution in [2.24, 2.45) is 5.73 Å². The second-order valence-corrected chi connectivity index (χ2v) is 6.34. The number of amides is 2. The van der Waals surface area contributed by atoms with Gasteiger partial charge in [-0.2, -0.15) is 0 Å². The molecular weight excluding hydrogens is 360 g/mol. The van der Waals surface area contributed by atoms with E-state index in [9.17, 15) is 14.4 Å². The maximum absolute atomic E-state index is 11.6. The van der Waals surface area contributed by atoms with Gasteiger partial charge in [-0.15, -0.1) is 11.3 Å². The number of aromatic nitrogens is 1. The number of methoxy groups -OCH3 is 1. The maximum atomic E-state index is 11.6. The van der Waals surface area contributed by atoms with E-state index in [0.29, 0.717) is 36.8 Å². The van der Waals surface area contributed by atoms with E-state index in [-0.39, 0.29) is 24.9 Å². The molecule has 2 amide bonds. The number of hydrogen-bond donors (Lipinski definition) is 3. The van der Waals surface area contributed by atoms with E-state index >= 15 is 0 Å². The molecular formula is C16H26N4O5S.